The smallest absolute Gasteiger partial charge is 0.123 e. The van der Waals surface area contributed by atoms with E-state index in [4.69, 9.17) is 9.47 Å². The van der Waals surface area contributed by atoms with Gasteiger partial charge in [-0.1, -0.05) is 36.4 Å². The van der Waals surface area contributed by atoms with Crippen LogP contribution in [0.2, 0.25) is 0 Å². The zero-order chi connectivity index (χ0) is 16.8. The molecule has 3 rings (SSSR count). The third-order valence-corrected chi connectivity index (χ3v) is 4.43. The maximum absolute atomic E-state index is 10.8. The number of hydrogen-bond donors (Lipinski definition) is 1. The largest absolute Gasteiger partial charge is 0.494 e. The van der Waals surface area contributed by atoms with Crippen LogP contribution in [0.5, 0.6) is 11.5 Å². The first kappa shape index (κ1) is 16.8. The summed E-state index contributed by atoms with van der Waals surface area (Å²) >= 11 is 0. The van der Waals surface area contributed by atoms with Gasteiger partial charge in [-0.25, -0.2) is 0 Å². The van der Waals surface area contributed by atoms with Crippen LogP contribution >= 0.6 is 0 Å². The second kappa shape index (κ2) is 7.69. The van der Waals surface area contributed by atoms with E-state index in [0.29, 0.717) is 19.8 Å². The third kappa shape index (κ3) is 4.08. The van der Waals surface area contributed by atoms with E-state index in [9.17, 15) is 5.11 Å². The molecule has 4 heteroatoms. The van der Waals surface area contributed by atoms with Crippen molar-refractivity contribution in [3.05, 3.63) is 60.2 Å². The lowest BCUT2D eigenvalue weighted by atomic mass is 9.93. The Labute approximate surface area is 143 Å². The Morgan fingerprint density at radius 3 is 2.54 bits per heavy atom. The number of benzene rings is 2. The van der Waals surface area contributed by atoms with Crippen molar-refractivity contribution in [3.63, 3.8) is 0 Å². The molecule has 0 aromatic heterocycles. The third-order valence-electron chi connectivity index (χ3n) is 4.43. The highest BCUT2D eigenvalue weighted by Gasteiger charge is 2.37. The fraction of sp³-hybridized carbons (Fsp3) is 0.400. The van der Waals surface area contributed by atoms with Gasteiger partial charge in [-0.2, -0.15) is 0 Å². The average molecular weight is 327 g/mol. The quantitative estimate of drug-likeness (QED) is 0.849. The molecule has 1 N–H and O–H groups in total. The first-order chi connectivity index (χ1) is 11.7. The standard InChI is InChI=1S/C20H25NO3/c1-2-23-18-9-6-10-19(15-18)24-14-13-21-12-11-20(22,16-21)17-7-4-3-5-8-17/h3-10,15,22H,2,11-14,16H2,1H3/t20-/m0/s1. The molecule has 0 amide bonds. The fourth-order valence-corrected chi connectivity index (χ4v) is 3.16. The average Bonchev–Trinajstić information content (AvgIpc) is 2.99. The molecule has 128 valence electrons. The maximum atomic E-state index is 10.8. The number of nitrogens with zero attached hydrogens (tertiary/aromatic N) is 1. The molecule has 1 saturated heterocycles. The van der Waals surface area contributed by atoms with Crippen LogP contribution in [-0.2, 0) is 5.60 Å². The van der Waals surface area contributed by atoms with Gasteiger partial charge in [-0.15, -0.1) is 0 Å². The number of β-amino-alcohol motifs (C(OH)–C–C–N with tert-alkyl or cyclic N) is 1. The highest BCUT2D eigenvalue weighted by atomic mass is 16.5. The van der Waals surface area contributed by atoms with Crippen molar-refractivity contribution in [1.29, 1.82) is 0 Å². The van der Waals surface area contributed by atoms with Crippen LogP contribution < -0.4 is 9.47 Å². The van der Waals surface area contributed by atoms with Crippen molar-refractivity contribution >= 4 is 0 Å². The Morgan fingerprint density at radius 1 is 1.04 bits per heavy atom. The minimum absolute atomic E-state index is 0.598. The van der Waals surface area contributed by atoms with Crippen molar-refractivity contribution in [3.8, 4) is 11.5 Å². The van der Waals surface area contributed by atoms with Gasteiger partial charge in [-0.05, 0) is 31.0 Å². The van der Waals surface area contributed by atoms with Gasteiger partial charge in [0.15, 0.2) is 0 Å². The van der Waals surface area contributed by atoms with Crippen LogP contribution in [0, 0.1) is 0 Å². The summed E-state index contributed by atoms with van der Waals surface area (Å²) in [6, 6.07) is 17.6. The highest BCUT2D eigenvalue weighted by molar-refractivity contribution is 5.32. The van der Waals surface area contributed by atoms with E-state index < -0.39 is 5.60 Å². The molecular formula is C20H25NO3. The molecule has 1 aliphatic heterocycles. The first-order valence-corrected chi connectivity index (χ1v) is 8.55. The summed E-state index contributed by atoms with van der Waals surface area (Å²) < 4.78 is 11.3. The second-order valence-corrected chi connectivity index (χ2v) is 6.18. The van der Waals surface area contributed by atoms with Crippen molar-refractivity contribution in [2.24, 2.45) is 0 Å². The van der Waals surface area contributed by atoms with Crippen molar-refractivity contribution in [2.75, 3.05) is 32.8 Å². The summed E-state index contributed by atoms with van der Waals surface area (Å²) in [5.74, 6) is 1.65. The van der Waals surface area contributed by atoms with E-state index in [0.717, 1.165) is 36.6 Å². The lowest BCUT2D eigenvalue weighted by Crippen LogP contribution is -2.32. The number of rotatable bonds is 7. The molecule has 24 heavy (non-hydrogen) atoms. The van der Waals surface area contributed by atoms with Gasteiger partial charge in [0.1, 0.15) is 23.7 Å². The normalized spacial score (nSPS) is 20.9. The molecule has 1 fully saturated rings. The van der Waals surface area contributed by atoms with Gasteiger partial charge < -0.3 is 14.6 Å². The zero-order valence-electron chi connectivity index (χ0n) is 14.1. The highest BCUT2D eigenvalue weighted by Crippen LogP contribution is 2.31. The Bertz CT molecular complexity index is 646. The minimum atomic E-state index is -0.740. The van der Waals surface area contributed by atoms with E-state index in [2.05, 4.69) is 4.90 Å². The van der Waals surface area contributed by atoms with E-state index >= 15 is 0 Å². The summed E-state index contributed by atoms with van der Waals surface area (Å²) in [6.45, 7) is 5.55. The second-order valence-electron chi connectivity index (χ2n) is 6.18. The molecule has 1 atom stereocenters. The SMILES string of the molecule is CCOc1cccc(OCCN2CC[C@@](O)(c3ccccc3)C2)c1. The molecule has 0 saturated carbocycles. The molecule has 2 aromatic rings. The summed E-state index contributed by atoms with van der Waals surface area (Å²) in [5.41, 5.74) is 0.258. The Morgan fingerprint density at radius 2 is 1.79 bits per heavy atom. The van der Waals surface area contributed by atoms with Gasteiger partial charge in [0, 0.05) is 25.7 Å². The number of aliphatic hydroxyl groups is 1. The van der Waals surface area contributed by atoms with Gasteiger partial charge in [0.25, 0.3) is 0 Å². The minimum Gasteiger partial charge on any atom is -0.494 e. The molecule has 1 heterocycles. The summed E-state index contributed by atoms with van der Waals surface area (Å²) in [6.07, 6.45) is 0.761. The fourth-order valence-electron chi connectivity index (χ4n) is 3.16. The van der Waals surface area contributed by atoms with Crippen LogP contribution in [0.15, 0.2) is 54.6 Å². The van der Waals surface area contributed by atoms with Gasteiger partial charge in [0.05, 0.1) is 6.61 Å². The zero-order valence-corrected chi connectivity index (χ0v) is 14.1. The summed E-state index contributed by atoms with van der Waals surface area (Å²) in [4.78, 5) is 2.25. The van der Waals surface area contributed by atoms with E-state index in [1.165, 1.54) is 0 Å². The van der Waals surface area contributed by atoms with Crippen molar-refractivity contribution < 1.29 is 14.6 Å². The molecule has 0 bridgehead atoms. The lowest BCUT2D eigenvalue weighted by molar-refractivity contribution is 0.0447. The van der Waals surface area contributed by atoms with Crippen LogP contribution in [0.4, 0.5) is 0 Å². The van der Waals surface area contributed by atoms with Gasteiger partial charge in [-0.3, -0.25) is 4.90 Å². The monoisotopic (exact) mass is 327 g/mol. The Balaban J connectivity index is 1.49. The van der Waals surface area contributed by atoms with E-state index in [-0.39, 0.29) is 0 Å². The predicted molar refractivity (Wildman–Crippen MR) is 94.5 cm³/mol. The number of likely N-dealkylation sites (tertiary alicyclic amines) is 1. The topological polar surface area (TPSA) is 41.9 Å². The van der Waals surface area contributed by atoms with Crippen molar-refractivity contribution in [2.45, 2.75) is 18.9 Å². The lowest BCUT2D eigenvalue weighted by Gasteiger charge is -2.24. The molecule has 0 radical (unpaired) electrons. The molecule has 1 aliphatic rings. The Hall–Kier alpha value is -2.04. The van der Waals surface area contributed by atoms with Crippen LogP contribution in [0.3, 0.4) is 0 Å². The van der Waals surface area contributed by atoms with Crippen LogP contribution in [0.1, 0.15) is 18.9 Å². The van der Waals surface area contributed by atoms with Crippen LogP contribution in [-0.4, -0.2) is 42.9 Å². The number of hydrogen-bond acceptors (Lipinski definition) is 4. The first-order valence-electron chi connectivity index (χ1n) is 8.55. The molecular weight excluding hydrogens is 302 g/mol. The molecule has 2 aromatic carbocycles. The molecule has 0 spiro atoms. The number of ether oxygens (including phenoxy) is 2. The van der Waals surface area contributed by atoms with Crippen molar-refractivity contribution in [1.82, 2.24) is 4.90 Å². The Kier molecular flexibility index (Phi) is 5.38. The summed E-state index contributed by atoms with van der Waals surface area (Å²) in [7, 11) is 0. The van der Waals surface area contributed by atoms with E-state index in [1.54, 1.807) is 0 Å². The molecule has 0 unspecified atom stereocenters. The molecule has 4 nitrogen and oxygen atoms in total. The summed E-state index contributed by atoms with van der Waals surface area (Å²) in [5, 5.41) is 10.8. The predicted octanol–water partition coefficient (Wildman–Crippen LogP) is 3.06. The van der Waals surface area contributed by atoms with Gasteiger partial charge >= 0.3 is 0 Å². The van der Waals surface area contributed by atoms with Crippen LogP contribution in [0.25, 0.3) is 0 Å². The molecule has 0 aliphatic carbocycles. The maximum Gasteiger partial charge on any atom is 0.123 e. The van der Waals surface area contributed by atoms with E-state index in [1.807, 2.05) is 61.5 Å². The van der Waals surface area contributed by atoms with Gasteiger partial charge in [0.2, 0.25) is 0 Å².